The van der Waals surface area contributed by atoms with Crippen LogP contribution in [0.2, 0.25) is 0 Å². The fourth-order valence-corrected chi connectivity index (χ4v) is 1.51. The summed E-state index contributed by atoms with van der Waals surface area (Å²) >= 11 is 0. The van der Waals surface area contributed by atoms with Crippen LogP contribution in [0.3, 0.4) is 0 Å². The number of nitrogens with two attached hydrogens (primary N) is 1. The van der Waals surface area contributed by atoms with Gasteiger partial charge >= 0.3 is 0 Å². The Morgan fingerprint density at radius 1 is 1.12 bits per heavy atom. The lowest BCUT2D eigenvalue weighted by molar-refractivity contribution is 1.37. The quantitative estimate of drug-likeness (QED) is 0.609. The molecule has 0 radical (unpaired) electrons. The smallest absolute Gasteiger partial charge is 0.0729 e. The standard InChI is InChI=1S/C14H14N2/c1-2-3-4-5-13-9-7-11-6-8-12(15)10-14(11)16-13/h2-10H,15H2,1H3/b3-2-,5-4-. The third kappa shape index (κ3) is 2.28. The van der Waals surface area contributed by atoms with Crippen LogP contribution >= 0.6 is 0 Å². The van der Waals surface area contributed by atoms with E-state index in [0.717, 1.165) is 22.3 Å². The summed E-state index contributed by atoms with van der Waals surface area (Å²) in [5.41, 5.74) is 8.35. The maximum atomic E-state index is 5.73. The van der Waals surface area contributed by atoms with Gasteiger partial charge in [-0.05, 0) is 31.2 Å². The Labute approximate surface area is 95.1 Å². The number of pyridine rings is 1. The summed E-state index contributed by atoms with van der Waals surface area (Å²) < 4.78 is 0. The fraction of sp³-hybridized carbons (Fsp3) is 0.0714. The van der Waals surface area contributed by atoms with Gasteiger partial charge in [0.25, 0.3) is 0 Å². The van der Waals surface area contributed by atoms with E-state index in [-0.39, 0.29) is 0 Å². The summed E-state index contributed by atoms with van der Waals surface area (Å²) in [5, 5.41) is 1.11. The zero-order valence-electron chi connectivity index (χ0n) is 9.22. The maximum Gasteiger partial charge on any atom is 0.0729 e. The molecule has 0 aliphatic carbocycles. The molecule has 0 spiro atoms. The number of benzene rings is 1. The average Bonchev–Trinajstić information content (AvgIpc) is 2.29. The Balaban J connectivity index is 2.42. The molecule has 2 aromatic rings. The zero-order valence-corrected chi connectivity index (χ0v) is 9.22. The predicted octanol–water partition coefficient (Wildman–Crippen LogP) is 3.41. The summed E-state index contributed by atoms with van der Waals surface area (Å²) in [5.74, 6) is 0. The van der Waals surface area contributed by atoms with Gasteiger partial charge in [0.2, 0.25) is 0 Å². The first-order chi connectivity index (χ1) is 7.79. The SMILES string of the molecule is C/C=C\C=C/c1ccc2ccc(N)cc2n1. The van der Waals surface area contributed by atoms with Crippen molar-refractivity contribution in [3.63, 3.8) is 0 Å². The highest BCUT2D eigenvalue weighted by Gasteiger charge is 1.96. The Kier molecular flexibility index (Phi) is 3.01. The lowest BCUT2D eigenvalue weighted by Gasteiger charge is -2.00. The highest BCUT2D eigenvalue weighted by molar-refractivity contribution is 5.82. The molecule has 80 valence electrons. The molecule has 0 aliphatic rings. The molecule has 0 atom stereocenters. The van der Waals surface area contributed by atoms with Crippen LogP contribution in [0.1, 0.15) is 12.6 Å². The van der Waals surface area contributed by atoms with Gasteiger partial charge in [0.05, 0.1) is 11.2 Å². The molecule has 0 aliphatic heterocycles. The van der Waals surface area contributed by atoms with Crippen molar-refractivity contribution in [1.82, 2.24) is 4.98 Å². The van der Waals surface area contributed by atoms with Gasteiger partial charge in [-0.15, -0.1) is 0 Å². The molecule has 2 rings (SSSR count). The molecule has 2 heteroatoms. The number of fused-ring (bicyclic) bond motifs is 1. The van der Waals surface area contributed by atoms with Gasteiger partial charge in [-0.2, -0.15) is 0 Å². The Hall–Kier alpha value is -2.09. The third-order valence-electron chi connectivity index (χ3n) is 2.31. The second-order valence-corrected chi connectivity index (χ2v) is 3.57. The average molecular weight is 210 g/mol. The second kappa shape index (κ2) is 4.62. The highest BCUT2D eigenvalue weighted by Crippen LogP contribution is 2.16. The first-order valence-electron chi connectivity index (χ1n) is 5.25. The van der Waals surface area contributed by atoms with Gasteiger partial charge in [0.1, 0.15) is 0 Å². The zero-order chi connectivity index (χ0) is 11.4. The van der Waals surface area contributed by atoms with Crippen LogP contribution < -0.4 is 5.73 Å². The largest absolute Gasteiger partial charge is 0.399 e. The van der Waals surface area contributed by atoms with Crippen molar-refractivity contribution in [3.8, 4) is 0 Å². The molecule has 0 fully saturated rings. The number of allylic oxidation sites excluding steroid dienone is 3. The summed E-state index contributed by atoms with van der Waals surface area (Å²) in [6, 6.07) is 9.81. The number of hydrogen-bond acceptors (Lipinski definition) is 2. The third-order valence-corrected chi connectivity index (χ3v) is 2.31. The molecule has 0 saturated carbocycles. The normalized spacial score (nSPS) is 11.8. The Bertz CT molecular complexity index is 554. The number of nitrogens with zero attached hydrogens (tertiary/aromatic N) is 1. The number of nitrogen functional groups attached to an aromatic ring is 1. The minimum Gasteiger partial charge on any atom is -0.399 e. The van der Waals surface area contributed by atoms with Crippen LogP contribution in [0.4, 0.5) is 5.69 Å². The predicted molar refractivity (Wildman–Crippen MR) is 70.0 cm³/mol. The molecule has 16 heavy (non-hydrogen) atoms. The van der Waals surface area contributed by atoms with E-state index in [4.69, 9.17) is 5.73 Å². The van der Waals surface area contributed by atoms with Crippen molar-refractivity contribution in [2.24, 2.45) is 0 Å². The van der Waals surface area contributed by atoms with E-state index in [1.807, 2.05) is 55.5 Å². The summed E-state index contributed by atoms with van der Waals surface area (Å²) in [6.45, 7) is 1.98. The molecule has 2 nitrogen and oxygen atoms in total. The monoisotopic (exact) mass is 210 g/mol. The van der Waals surface area contributed by atoms with Gasteiger partial charge in [0.15, 0.2) is 0 Å². The topological polar surface area (TPSA) is 38.9 Å². The van der Waals surface area contributed by atoms with Crippen LogP contribution in [-0.2, 0) is 0 Å². The number of anilines is 1. The van der Waals surface area contributed by atoms with Gasteiger partial charge in [-0.25, -0.2) is 4.98 Å². The molecule has 1 heterocycles. The minimum atomic E-state index is 0.745. The maximum absolute atomic E-state index is 5.73. The van der Waals surface area contributed by atoms with E-state index in [1.165, 1.54) is 0 Å². The number of rotatable bonds is 2. The second-order valence-electron chi connectivity index (χ2n) is 3.57. The van der Waals surface area contributed by atoms with Crippen LogP contribution in [0.5, 0.6) is 0 Å². The molecule has 0 bridgehead atoms. The van der Waals surface area contributed by atoms with E-state index < -0.39 is 0 Å². The van der Waals surface area contributed by atoms with Crippen molar-refractivity contribution < 1.29 is 0 Å². The first kappa shape index (κ1) is 10.4. The molecule has 0 amide bonds. The van der Waals surface area contributed by atoms with E-state index in [0.29, 0.717) is 0 Å². The highest BCUT2D eigenvalue weighted by atomic mass is 14.7. The molecular formula is C14H14N2. The summed E-state index contributed by atoms with van der Waals surface area (Å²) in [7, 11) is 0. The van der Waals surface area contributed by atoms with Crippen molar-refractivity contribution >= 4 is 22.7 Å². The molecule has 1 aromatic carbocycles. The number of hydrogen-bond donors (Lipinski definition) is 1. The molecule has 0 saturated heterocycles. The number of aromatic nitrogens is 1. The van der Waals surface area contributed by atoms with Gasteiger partial charge in [0, 0.05) is 11.1 Å². The van der Waals surface area contributed by atoms with E-state index >= 15 is 0 Å². The minimum absolute atomic E-state index is 0.745. The van der Waals surface area contributed by atoms with Crippen molar-refractivity contribution in [3.05, 3.63) is 54.3 Å². The summed E-state index contributed by atoms with van der Waals surface area (Å²) in [4.78, 5) is 4.51. The first-order valence-corrected chi connectivity index (χ1v) is 5.25. The molecule has 0 unspecified atom stereocenters. The van der Waals surface area contributed by atoms with Gasteiger partial charge in [-0.1, -0.05) is 30.4 Å². The molecule has 1 aromatic heterocycles. The van der Waals surface area contributed by atoms with Crippen LogP contribution in [0, 0.1) is 0 Å². The molecule has 2 N–H and O–H groups in total. The Morgan fingerprint density at radius 2 is 1.94 bits per heavy atom. The van der Waals surface area contributed by atoms with Gasteiger partial charge in [-0.3, -0.25) is 0 Å². The Morgan fingerprint density at radius 3 is 2.75 bits per heavy atom. The van der Waals surface area contributed by atoms with Crippen LogP contribution in [0.25, 0.3) is 17.0 Å². The van der Waals surface area contributed by atoms with E-state index in [1.54, 1.807) is 0 Å². The van der Waals surface area contributed by atoms with Gasteiger partial charge < -0.3 is 5.73 Å². The molecular weight excluding hydrogens is 196 g/mol. The fourth-order valence-electron chi connectivity index (χ4n) is 1.51. The van der Waals surface area contributed by atoms with E-state index in [9.17, 15) is 0 Å². The van der Waals surface area contributed by atoms with Crippen molar-refractivity contribution in [1.29, 1.82) is 0 Å². The lowest BCUT2D eigenvalue weighted by atomic mass is 10.2. The van der Waals surface area contributed by atoms with Crippen molar-refractivity contribution in [2.75, 3.05) is 5.73 Å². The lowest BCUT2D eigenvalue weighted by Crippen LogP contribution is -1.87. The van der Waals surface area contributed by atoms with Crippen molar-refractivity contribution in [2.45, 2.75) is 6.92 Å². The van der Waals surface area contributed by atoms with Crippen LogP contribution in [-0.4, -0.2) is 4.98 Å². The van der Waals surface area contributed by atoms with E-state index in [2.05, 4.69) is 11.1 Å². The summed E-state index contributed by atoms with van der Waals surface area (Å²) in [6.07, 6.45) is 7.91. The van der Waals surface area contributed by atoms with Crippen LogP contribution in [0.15, 0.2) is 48.6 Å².